The molecule has 0 radical (unpaired) electrons. The quantitative estimate of drug-likeness (QED) is 0.442. The molecular formula is C12H17NO2. The first kappa shape index (κ1) is 11.7. The van der Waals surface area contributed by atoms with Gasteiger partial charge in [0.1, 0.15) is 5.71 Å². The first-order chi connectivity index (χ1) is 7.29. The molecule has 1 atom stereocenters. The highest BCUT2D eigenvalue weighted by atomic mass is 16.4. The molecule has 0 heterocycles. The van der Waals surface area contributed by atoms with Gasteiger partial charge in [0.2, 0.25) is 0 Å². The molecule has 0 bridgehead atoms. The number of hydrogen-bond acceptors (Lipinski definition) is 3. The average molecular weight is 207 g/mol. The van der Waals surface area contributed by atoms with E-state index in [4.69, 9.17) is 5.21 Å². The molecule has 3 nitrogen and oxygen atoms in total. The van der Waals surface area contributed by atoms with Crippen molar-refractivity contribution < 1.29 is 10.3 Å². The van der Waals surface area contributed by atoms with E-state index in [1.807, 2.05) is 30.3 Å². The molecule has 1 unspecified atom stereocenters. The predicted octanol–water partition coefficient (Wildman–Crippen LogP) is 2.42. The second-order valence-corrected chi connectivity index (χ2v) is 3.51. The summed E-state index contributed by atoms with van der Waals surface area (Å²) in [5.41, 5.74) is 1.12. The molecule has 0 saturated heterocycles. The molecule has 15 heavy (non-hydrogen) atoms. The van der Waals surface area contributed by atoms with Crippen LogP contribution in [0.2, 0.25) is 0 Å². The molecule has 82 valence electrons. The van der Waals surface area contributed by atoms with Gasteiger partial charge in [0.25, 0.3) is 0 Å². The van der Waals surface area contributed by atoms with Crippen LogP contribution in [0.15, 0.2) is 35.5 Å². The Labute approximate surface area is 90.1 Å². The molecule has 0 aromatic heterocycles. The minimum absolute atomic E-state index is 0.351. The first-order valence-electron chi connectivity index (χ1n) is 5.25. The number of aliphatic hydroxyl groups is 1. The van der Waals surface area contributed by atoms with Crippen molar-refractivity contribution in [3.63, 3.8) is 0 Å². The van der Waals surface area contributed by atoms with E-state index in [0.29, 0.717) is 12.1 Å². The number of unbranched alkanes of at least 4 members (excludes halogenated alkanes) is 1. The van der Waals surface area contributed by atoms with Gasteiger partial charge >= 0.3 is 0 Å². The van der Waals surface area contributed by atoms with E-state index in [-0.39, 0.29) is 0 Å². The number of hydrogen-bond donors (Lipinski definition) is 2. The summed E-state index contributed by atoms with van der Waals surface area (Å²) in [6.07, 6.45) is 1.89. The fourth-order valence-electron chi connectivity index (χ4n) is 1.46. The van der Waals surface area contributed by atoms with E-state index in [2.05, 4.69) is 12.1 Å². The van der Waals surface area contributed by atoms with Crippen molar-refractivity contribution in [2.45, 2.75) is 32.3 Å². The molecule has 0 aliphatic carbocycles. The molecule has 0 aliphatic heterocycles. The predicted molar refractivity (Wildman–Crippen MR) is 60.3 cm³/mol. The normalized spacial score (nSPS) is 13.9. The van der Waals surface area contributed by atoms with Gasteiger partial charge in [-0.15, -0.1) is 0 Å². The molecule has 0 aliphatic rings. The summed E-state index contributed by atoms with van der Waals surface area (Å²) in [5, 5.41) is 21.9. The van der Waals surface area contributed by atoms with Crippen molar-refractivity contribution in [3.8, 4) is 0 Å². The fraction of sp³-hybridized carbons (Fsp3) is 0.417. The van der Waals surface area contributed by atoms with Crippen LogP contribution in [0.4, 0.5) is 0 Å². The number of rotatable bonds is 5. The zero-order chi connectivity index (χ0) is 11.1. The molecule has 0 spiro atoms. The number of aliphatic hydroxyl groups excluding tert-OH is 1. The maximum Gasteiger partial charge on any atom is 0.115 e. The SMILES string of the molecule is CCCCC(O)C(=NO)c1ccccc1. The lowest BCUT2D eigenvalue weighted by Gasteiger charge is -2.11. The highest BCUT2D eigenvalue weighted by molar-refractivity contribution is 6.03. The third-order valence-corrected chi connectivity index (χ3v) is 2.32. The molecule has 1 aromatic carbocycles. The monoisotopic (exact) mass is 207 g/mol. The van der Waals surface area contributed by atoms with Crippen LogP contribution in [-0.4, -0.2) is 22.1 Å². The molecule has 0 fully saturated rings. The maximum absolute atomic E-state index is 9.80. The Morgan fingerprint density at radius 2 is 2.00 bits per heavy atom. The maximum atomic E-state index is 9.80. The highest BCUT2D eigenvalue weighted by Crippen LogP contribution is 2.09. The van der Waals surface area contributed by atoms with E-state index in [1.54, 1.807) is 0 Å². The fourth-order valence-corrected chi connectivity index (χ4v) is 1.46. The molecule has 1 aromatic rings. The summed E-state index contributed by atoms with van der Waals surface area (Å²) < 4.78 is 0. The van der Waals surface area contributed by atoms with E-state index in [0.717, 1.165) is 18.4 Å². The van der Waals surface area contributed by atoms with Crippen LogP contribution >= 0.6 is 0 Å². The molecule has 0 amide bonds. The lowest BCUT2D eigenvalue weighted by molar-refractivity contribution is 0.218. The Bertz CT molecular complexity index is 309. The molecular weight excluding hydrogens is 190 g/mol. The van der Waals surface area contributed by atoms with Crippen molar-refractivity contribution in [2.24, 2.45) is 5.16 Å². The van der Waals surface area contributed by atoms with Crippen LogP contribution in [0.5, 0.6) is 0 Å². The molecule has 3 heteroatoms. The van der Waals surface area contributed by atoms with Crippen LogP contribution in [0, 0.1) is 0 Å². The van der Waals surface area contributed by atoms with E-state index < -0.39 is 6.10 Å². The van der Waals surface area contributed by atoms with Crippen LogP contribution in [0.25, 0.3) is 0 Å². The topological polar surface area (TPSA) is 52.8 Å². The Morgan fingerprint density at radius 3 is 2.53 bits per heavy atom. The van der Waals surface area contributed by atoms with Gasteiger partial charge in [-0.2, -0.15) is 0 Å². The first-order valence-corrected chi connectivity index (χ1v) is 5.25. The van der Waals surface area contributed by atoms with Crippen molar-refractivity contribution in [1.29, 1.82) is 0 Å². The Morgan fingerprint density at radius 1 is 1.33 bits per heavy atom. The zero-order valence-corrected chi connectivity index (χ0v) is 8.93. The second-order valence-electron chi connectivity index (χ2n) is 3.51. The summed E-state index contributed by atoms with van der Waals surface area (Å²) in [6.45, 7) is 2.06. The van der Waals surface area contributed by atoms with Gasteiger partial charge in [-0.05, 0) is 6.42 Å². The molecule has 0 saturated carbocycles. The number of benzene rings is 1. The summed E-state index contributed by atoms with van der Waals surface area (Å²) in [5.74, 6) is 0. The van der Waals surface area contributed by atoms with Gasteiger partial charge in [-0.25, -0.2) is 0 Å². The van der Waals surface area contributed by atoms with Crippen molar-refractivity contribution in [1.82, 2.24) is 0 Å². The third-order valence-electron chi connectivity index (χ3n) is 2.32. The summed E-state index contributed by atoms with van der Waals surface area (Å²) in [4.78, 5) is 0. The Kier molecular flexibility index (Phi) is 4.84. The van der Waals surface area contributed by atoms with E-state index in [9.17, 15) is 5.11 Å². The van der Waals surface area contributed by atoms with Gasteiger partial charge in [-0.3, -0.25) is 0 Å². The van der Waals surface area contributed by atoms with Crippen molar-refractivity contribution in [2.75, 3.05) is 0 Å². The van der Waals surface area contributed by atoms with Crippen LogP contribution in [0.1, 0.15) is 31.7 Å². The highest BCUT2D eigenvalue weighted by Gasteiger charge is 2.14. The van der Waals surface area contributed by atoms with E-state index >= 15 is 0 Å². The number of oxime groups is 1. The van der Waals surface area contributed by atoms with Crippen molar-refractivity contribution >= 4 is 5.71 Å². The second kappa shape index (κ2) is 6.19. The lowest BCUT2D eigenvalue weighted by atomic mass is 10.0. The lowest BCUT2D eigenvalue weighted by Crippen LogP contribution is -2.21. The summed E-state index contributed by atoms with van der Waals surface area (Å²) in [6, 6.07) is 9.24. The Balaban J connectivity index is 2.73. The number of nitrogens with zero attached hydrogens (tertiary/aromatic N) is 1. The summed E-state index contributed by atoms with van der Waals surface area (Å²) in [7, 11) is 0. The van der Waals surface area contributed by atoms with Crippen LogP contribution < -0.4 is 0 Å². The van der Waals surface area contributed by atoms with Gasteiger partial charge in [-0.1, -0.05) is 55.3 Å². The molecule has 2 N–H and O–H groups in total. The van der Waals surface area contributed by atoms with E-state index in [1.165, 1.54) is 0 Å². The molecule has 1 rings (SSSR count). The zero-order valence-electron chi connectivity index (χ0n) is 8.93. The standard InChI is InChI=1S/C12H17NO2/c1-2-3-9-11(14)12(13-15)10-7-5-4-6-8-10/h4-8,11,14-15H,2-3,9H2,1H3. The van der Waals surface area contributed by atoms with Gasteiger partial charge in [0.15, 0.2) is 0 Å². The average Bonchev–Trinajstić information content (AvgIpc) is 2.29. The smallest absolute Gasteiger partial charge is 0.115 e. The van der Waals surface area contributed by atoms with Gasteiger partial charge < -0.3 is 10.3 Å². The largest absolute Gasteiger partial charge is 0.411 e. The Hall–Kier alpha value is -1.35. The van der Waals surface area contributed by atoms with Gasteiger partial charge in [0.05, 0.1) is 6.10 Å². The third kappa shape index (κ3) is 3.36. The van der Waals surface area contributed by atoms with Gasteiger partial charge in [0, 0.05) is 5.56 Å². The summed E-state index contributed by atoms with van der Waals surface area (Å²) >= 11 is 0. The minimum Gasteiger partial charge on any atom is -0.411 e. The van der Waals surface area contributed by atoms with Crippen LogP contribution in [0.3, 0.4) is 0 Å². The van der Waals surface area contributed by atoms with Crippen LogP contribution in [-0.2, 0) is 0 Å². The minimum atomic E-state index is -0.683. The van der Waals surface area contributed by atoms with Crippen molar-refractivity contribution in [3.05, 3.63) is 35.9 Å².